The first-order chi connectivity index (χ1) is 11.9. The molecule has 25 heavy (non-hydrogen) atoms. The second-order valence-corrected chi connectivity index (χ2v) is 5.89. The third-order valence-electron chi connectivity index (χ3n) is 3.90. The third kappa shape index (κ3) is 4.09. The summed E-state index contributed by atoms with van der Waals surface area (Å²) in [5.74, 6) is -1.25. The number of hydrogen-bond donors (Lipinski definition) is 0. The van der Waals surface area contributed by atoms with Gasteiger partial charge in [-0.3, -0.25) is 14.4 Å². The van der Waals surface area contributed by atoms with Gasteiger partial charge in [0.1, 0.15) is 0 Å². The molecule has 6 nitrogen and oxygen atoms in total. The second kappa shape index (κ2) is 8.28. The summed E-state index contributed by atoms with van der Waals surface area (Å²) in [6, 6.07) is 7.24. The van der Waals surface area contributed by atoms with E-state index in [4.69, 9.17) is 9.47 Å². The molecule has 0 N–H and O–H groups in total. The van der Waals surface area contributed by atoms with E-state index in [-0.39, 0.29) is 41.9 Å². The van der Waals surface area contributed by atoms with Crippen molar-refractivity contribution in [3.63, 3.8) is 0 Å². The molecule has 0 bridgehead atoms. The highest BCUT2D eigenvalue weighted by molar-refractivity contribution is 14.1. The van der Waals surface area contributed by atoms with Gasteiger partial charge in [0.2, 0.25) is 23.1 Å². The van der Waals surface area contributed by atoms with E-state index < -0.39 is 0 Å². The summed E-state index contributed by atoms with van der Waals surface area (Å²) >= 11 is 1.54. The fourth-order valence-electron chi connectivity index (χ4n) is 2.65. The Morgan fingerprint density at radius 2 is 1.64 bits per heavy atom. The topological polar surface area (TPSA) is 78.9 Å². The molecule has 0 saturated carbocycles. The van der Waals surface area contributed by atoms with Gasteiger partial charge in [-0.1, -0.05) is 24.3 Å². The summed E-state index contributed by atoms with van der Waals surface area (Å²) in [6.07, 6.45) is 0.395. The van der Waals surface area contributed by atoms with Crippen LogP contribution in [-0.4, -0.2) is 31.8 Å². The number of benzene rings is 1. The lowest BCUT2D eigenvalue weighted by molar-refractivity contribution is -0.130. The molecule has 0 amide bonds. The van der Waals surface area contributed by atoms with Gasteiger partial charge in [0.05, 0.1) is 20.6 Å². The maximum absolute atomic E-state index is 12.6. The Hall–Kier alpha value is -2.16. The lowest BCUT2D eigenvalue weighted by Gasteiger charge is -2.20. The molecule has 0 aliphatic heterocycles. The van der Waals surface area contributed by atoms with Gasteiger partial charge in [-0.2, -0.15) is 0 Å². The molecule has 0 radical (unpaired) electrons. The number of ketones is 2. The average molecular weight is 456 g/mol. The second-order valence-electron chi connectivity index (χ2n) is 5.45. The normalized spacial score (nSPS) is 14.7. The molecule has 0 fully saturated rings. The number of allylic oxidation sites excluding steroid dienone is 2. The van der Waals surface area contributed by atoms with Gasteiger partial charge in [0.15, 0.2) is 23.0 Å². The number of rotatable bonds is 6. The zero-order chi connectivity index (χ0) is 18.6. The van der Waals surface area contributed by atoms with E-state index >= 15 is 0 Å². The first-order valence-electron chi connectivity index (χ1n) is 7.43. The van der Waals surface area contributed by atoms with Crippen LogP contribution < -0.4 is 0 Å². The van der Waals surface area contributed by atoms with Crippen molar-refractivity contribution in [3.8, 4) is 0 Å². The highest BCUT2D eigenvalue weighted by atomic mass is 127. The van der Waals surface area contributed by atoms with Gasteiger partial charge in [-0.15, -0.1) is 0 Å². The predicted octanol–water partition coefficient (Wildman–Crippen LogP) is 2.64. The van der Waals surface area contributed by atoms with Crippen molar-refractivity contribution in [1.29, 1.82) is 0 Å². The zero-order valence-corrected chi connectivity index (χ0v) is 16.2. The summed E-state index contributed by atoms with van der Waals surface area (Å²) in [5, 5.41) is 0. The quantitative estimate of drug-likeness (QED) is 0.484. The van der Waals surface area contributed by atoms with Gasteiger partial charge >= 0.3 is 5.97 Å². The van der Waals surface area contributed by atoms with Crippen molar-refractivity contribution in [2.24, 2.45) is 0 Å². The molecule has 0 atom stereocenters. The molecule has 2 rings (SSSR count). The molecule has 0 unspecified atom stereocenters. The van der Waals surface area contributed by atoms with Gasteiger partial charge in [-0.05, 0) is 18.1 Å². The molecule has 1 aromatic carbocycles. The summed E-state index contributed by atoms with van der Waals surface area (Å²) in [5.41, 5.74) is 2.27. The Morgan fingerprint density at radius 1 is 1.04 bits per heavy atom. The monoisotopic (exact) mass is 456 g/mol. The Bertz CT molecular complexity index is 791. The fraction of sp³-hybridized carbons (Fsp3) is 0.278. The Kier molecular flexibility index (Phi) is 6.35. The van der Waals surface area contributed by atoms with Gasteiger partial charge in [-0.25, -0.2) is 0 Å². The number of ether oxygens (including phenoxy) is 2. The molecule has 1 aliphatic rings. The molecule has 7 heteroatoms. The molecule has 132 valence electrons. The van der Waals surface area contributed by atoms with Crippen LogP contribution in [-0.2, 0) is 39.8 Å². The summed E-state index contributed by atoms with van der Waals surface area (Å²) < 4.78 is 14.7. The minimum Gasteiger partial charge on any atom is -0.489 e. The highest BCUT2D eigenvalue weighted by Gasteiger charge is 2.34. The van der Waals surface area contributed by atoms with Crippen molar-refractivity contribution < 1.29 is 26.9 Å². The van der Waals surface area contributed by atoms with E-state index in [1.165, 1.54) is 14.2 Å². The van der Waals surface area contributed by atoms with Crippen LogP contribution in [0.5, 0.6) is 0 Å². The van der Waals surface area contributed by atoms with Crippen molar-refractivity contribution in [2.75, 3.05) is 14.2 Å². The van der Waals surface area contributed by atoms with Gasteiger partial charge in [0.25, 0.3) is 0 Å². The van der Waals surface area contributed by atoms with E-state index in [1.807, 2.05) is 12.1 Å². The average Bonchev–Trinajstić information content (AvgIpc) is 2.61. The number of carbonyl (C=O) groups excluding carboxylic acids is 3. The van der Waals surface area contributed by atoms with Crippen LogP contribution in [0.25, 0.3) is 0 Å². The van der Waals surface area contributed by atoms with E-state index in [0.717, 1.165) is 11.1 Å². The first kappa shape index (κ1) is 19.2. The summed E-state index contributed by atoms with van der Waals surface area (Å²) in [7, 11) is 2.65. The van der Waals surface area contributed by atoms with E-state index in [1.54, 1.807) is 42.1 Å². The SMILES string of the molecule is COC1=C(OC)C(=O)C(Cc2cccc(CC(=O)OI)c2)=C(C)C1=O. The minimum atomic E-state index is -0.367. The number of hydrogen-bond acceptors (Lipinski definition) is 6. The Morgan fingerprint density at radius 3 is 2.24 bits per heavy atom. The number of carbonyl (C=O) groups is 3. The summed E-state index contributed by atoms with van der Waals surface area (Å²) in [6.45, 7) is 1.60. The number of methoxy groups -OCH3 is 2. The van der Waals surface area contributed by atoms with Crippen LogP contribution in [0.3, 0.4) is 0 Å². The molecular formula is C18H17IO6. The summed E-state index contributed by atoms with van der Waals surface area (Å²) in [4.78, 5) is 36.4. The van der Waals surface area contributed by atoms with Crippen LogP contribution in [0, 0.1) is 0 Å². The smallest absolute Gasteiger partial charge is 0.319 e. The van der Waals surface area contributed by atoms with Gasteiger partial charge in [0, 0.05) is 17.6 Å². The maximum Gasteiger partial charge on any atom is 0.319 e. The highest BCUT2D eigenvalue weighted by Crippen LogP contribution is 2.28. The first-order valence-corrected chi connectivity index (χ1v) is 8.31. The van der Waals surface area contributed by atoms with Crippen molar-refractivity contribution in [2.45, 2.75) is 19.8 Å². The van der Waals surface area contributed by atoms with Crippen molar-refractivity contribution in [3.05, 3.63) is 58.1 Å². The molecule has 0 aromatic heterocycles. The molecule has 0 heterocycles. The van der Waals surface area contributed by atoms with Crippen molar-refractivity contribution >= 4 is 40.5 Å². The van der Waals surface area contributed by atoms with E-state index in [9.17, 15) is 14.4 Å². The predicted molar refractivity (Wildman–Crippen MR) is 97.7 cm³/mol. The van der Waals surface area contributed by atoms with Crippen LogP contribution in [0.2, 0.25) is 0 Å². The zero-order valence-electron chi connectivity index (χ0n) is 14.1. The lowest BCUT2D eigenvalue weighted by atomic mass is 9.88. The van der Waals surface area contributed by atoms with Crippen LogP contribution >= 0.6 is 23.0 Å². The molecule has 1 aliphatic carbocycles. The third-order valence-corrected chi connectivity index (χ3v) is 4.39. The van der Waals surface area contributed by atoms with Crippen LogP contribution in [0.4, 0.5) is 0 Å². The van der Waals surface area contributed by atoms with Crippen LogP contribution in [0.15, 0.2) is 46.9 Å². The Labute approximate surface area is 159 Å². The largest absolute Gasteiger partial charge is 0.489 e. The molecule has 1 aromatic rings. The molecular weight excluding hydrogens is 439 g/mol. The standard InChI is InChI=1S/C18H17IO6/c1-10-13(16(22)18(24-3)17(23-2)15(10)21)8-11-5-4-6-12(7-11)9-14(20)25-19/h4-7H,8-9H2,1-3H3. The lowest BCUT2D eigenvalue weighted by Crippen LogP contribution is -2.26. The van der Waals surface area contributed by atoms with Crippen molar-refractivity contribution in [1.82, 2.24) is 0 Å². The molecule has 0 spiro atoms. The number of Topliss-reactive ketones (excluding diaryl/α,β-unsaturated/α-hetero) is 2. The Balaban J connectivity index is 2.32. The van der Waals surface area contributed by atoms with Gasteiger partial charge < -0.3 is 12.5 Å². The van der Waals surface area contributed by atoms with E-state index in [0.29, 0.717) is 11.1 Å². The maximum atomic E-state index is 12.6. The van der Waals surface area contributed by atoms with E-state index in [2.05, 4.69) is 3.07 Å². The minimum absolute atomic E-state index is 0.0766. The van der Waals surface area contributed by atoms with Crippen LogP contribution in [0.1, 0.15) is 18.1 Å². The molecule has 0 saturated heterocycles. The fourth-order valence-corrected chi connectivity index (χ4v) is 2.81. The number of halogens is 1.